The molecule has 1 atom stereocenters. The minimum Gasteiger partial charge on any atom is -0.480 e. The van der Waals surface area contributed by atoms with Crippen molar-refractivity contribution in [3.63, 3.8) is 0 Å². The second kappa shape index (κ2) is 5.55. The van der Waals surface area contributed by atoms with Gasteiger partial charge < -0.3 is 10.2 Å². The fourth-order valence-electron chi connectivity index (χ4n) is 1.09. The van der Waals surface area contributed by atoms with Crippen molar-refractivity contribution in [2.45, 2.75) is 17.9 Å². The van der Waals surface area contributed by atoms with Gasteiger partial charge in [-0.3, -0.25) is 4.79 Å². The molecule has 4 nitrogen and oxygen atoms in total. The van der Waals surface area contributed by atoms with Crippen molar-refractivity contribution in [2.75, 3.05) is 0 Å². The number of aromatic carboxylic acids is 1. The van der Waals surface area contributed by atoms with Crippen LogP contribution < -0.4 is 0 Å². The van der Waals surface area contributed by atoms with E-state index in [2.05, 4.69) is 0 Å². The van der Waals surface area contributed by atoms with E-state index in [1.54, 1.807) is 25.1 Å². The van der Waals surface area contributed by atoms with Crippen LogP contribution in [0.3, 0.4) is 0 Å². The summed E-state index contributed by atoms with van der Waals surface area (Å²) < 4.78 is 0. The molecule has 0 aliphatic carbocycles. The Labute approximate surface area is 97.3 Å². The van der Waals surface area contributed by atoms with Crippen LogP contribution in [0.5, 0.6) is 0 Å². The fourth-order valence-corrected chi connectivity index (χ4v) is 1.85. The molecule has 1 rings (SSSR count). The van der Waals surface area contributed by atoms with Gasteiger partial charge in [0, 0.05) is 5.75 Å². The lowest BCUT2D eigenvalue weighted by Crippen LogP contribution is -2.11. The van der Waals surface area contributed by atoms with Crippen molar-refractivity contribution in [2.24, 2.45) is 0 Å². The lowest BCUT2D eigenvalue weighted by Gasteiger charge is -2.06. The number of hydrogen-bond donors (Lipinski definition) is 2. The molecular weight excluding hydrogens is 228 g/mol. The monoisotopic (exact) mass is 240 g/mol. The SMILES string of the molecule is CC(SCc1cccc(C(=O)O)c1)C(=O)O. The molecule has 0 saturated heterocycles. The summed E-state index contributed by atoms with van der Waals surface area (Å²) >= 11 is 1.27. The van der Waals surface area contributed by atoms with Gasteiger partial charge in [0.2, 0.25) is 0 Å². The van der Waals surface area contributed by atoms with Crippen LogP contribution in [-0.4, -0.2) is 27.4 Å². The van der Waals surface area contributed by atoms with Gasteiger partial charge in [-0.15, -0.1) is 11.8 Å². The molecule has 1 unspecified atom stereocenters. The number of thioether (sulfide) groups is 1. The zero-order chi connectivity index (χ0) is 12.1. The highest BCUT2D eigenvalue weighted by Crippen LogP contribution is 2.18. The molecule has 1 aromatic rings. The number of carbonyl (C=O) groups is 2. The summed E-state index contributed by atoms with van der Waals surface area (Å²) in [5.41, 5.74) is 1.04. The van der Waals surface area contributed by atoms with Crippen molar-refractivity contribution >= 4 is 23.7 Å². The molecule has 0 spiro atoms. The first-order valence-corrected chi connectivity index (χ1v) is 5.72. The van der Waals surface area contributed by atoms with E-state index in [1.165, 1.54) is 17.8 Å². The molecule has 0 heterocycles. The van der Waals surface area contributed by atoms with Gasteiger partial charge in [-0.05, 0) is 24.6 Å². The first-order valence-electron chi connectivity index (χ1n) is 4.67. The first-order chi connectivity index (χ1) is 7.50. The van der Waals surface area contributed by atoms with Crippen molar-refractivity contribution in [1.82, 2.24) is 0 Å². The second-order valence-electron chi connectivity index (χ2n) is 3.30. The third-order valence-corrected chi connectivity index (χ3v) is 3.22. The summed E-state index contributed by atoms with van der Waals surface area (Å²) in [5.74, 6) is -1.34. The topological polar surface area (TPSA) is 74.6 Å². The molecule has 0 amide bonds. The Balaban J connectivity index is 2.64. The van der Waals surface area contributed by atoms with Gasteiger partial charge in [0.1, 0.15) is 0 Å². The molecule has 5 heteroatoms. The zero-order valence-corrected chi connectivity index (χ0v) is 9.53. The van der Waals surface area contributed by atoms with Gasteiger partial charge in [-0.25, -0.2) is 4.79 Å². The minimum absolute atomic E-state index is 0.223. The van der Waals surface area contributed by atoms with Gasteiger partial charge in [0.15, 0.2) is 0 Å². The number of rotatable bonds is 5. The predicted molar refractivity (Wildman–Crippen MR) is 61.8 cm³/mol. The Kier molecular flexibility index (Phi) is 4.37. The smallest absolute Gasteiger partial charge is 0.335 e. The average Bonchev–Trinajstić information content (AvgIpc) is 2.26. The maximum absolute atomic E-state index is 10.7. The highest BCUT2D eigenvalue weighted by molar-refractivity contribution is 7.99. The molecule has 1 aromatic carbocycles. The Bertz CT molecular complexity index is 403. The molecule has 0 saturated carbocycles. The van der Waals surface area contributed by atoms with E-state index in [0.29, 0.717) is 5.75 Å². The lowest BCUT2D eigenvalue weighted by atomic mass is 10.1. The predicted octanol–water partition coefficient (Wildman–Crippen LogP) is 2.09. The summed E-state index contributed by atoms with van der Waals surface area (Å²) in [7, 11) is 0. The first kappa shape index (κ1) is 12.6. The molecule has 0 aliphatic rings. The Morgan fingerprint density at radius 3 is 2.62 bits per heavy atom. The van der Waals surface area contributed by atoms with Crippen molar-refractivity contribution < 1.29 is 19.8 Å². The van der Waals surface area contributed by atoms with Gasteiger partial charge >= 0.3 is 11.9 Å². The number of carboxylic acid groups (broad SMARTS) is 2. The van der Waals surface area contributed by atoms with E-state index < -0.39 is 17.2 Å². The Morgan fingerprint density at radius 2 is 2.06 bits per heavy atom. The molecule has 0 aromatic heterocycles. The number of hydrogen-bond acceptors (Lipinski definition) is 3. The van der Waals surface area contributed by atoms with Crippen molar-refractivity contribution in [1.29, 1.82) is 0 Å². The molecule has 0 bridgehead atoms. The molecule has 0 aliphatic heterocycles. The fraction of sp³-hybridized carbons (Fsp3) is 0.273. The maximum atomic E-state index is 10.7. The van der Waals surface area contributed by atoms with Crippen LogP contribution in [0, 0.1) is 0 Å². The van der Waals surface area contributed by atoms with E-state index in [1.807, 2.05) is 0 Å². The van der Waals surface area contributed by atoms with E-state index in [9.17, 15) is 9.59 Å². The largest absolute Gasteiger partial charge is 0.480 e. The van der Waals surface area contributed by atoms with Crippen LogP contribution in [0.15, 0.2) is 24.3 Å². The summed E-state index contributed by atoms with van der Waals surface area (Å²) in [6, 6.07) is 6.51. The Hall–Kier alpha value is -1.49. The second-order valence-corrected chi connectivity index (χ2v) is 4.63. The van der Waals surface area contributed by atoms with Gasteiger partial charge in [-0.1, -0.05) is 12.1 Å². The third-order valence-electron chi connectivity index (χ3n) is 2.02. The highest BCUT2D eigenvalue weighted by Gasteiger charge is 2.11. The molecule has 86 valence electrons. The number of carboxylic acids is 2. The Morgan fingerprint density at radius 1 is 1.38 bits per heavy atom. The molecule has 2 N–H and O–H groups in total. The van der Waals surface area contributed by atoms with E-state index in [4.69, 9.17) is 10.2 Å². The zero-order valence-electron chi connectivity index (χ0n) is 8.71. The highest BCUT2D eigenvalue weighted by atomic mass is 32.2. The van der Waals surface area contributed by atoms with Gasteiger partial charge in [0.05, 0.1) is 10.8 Å². The van der Waals surface area contributed by atoms with Crippen LogP contribution >= 0.6 is 11.8 Å². The average molecular weight is 240 g/mol. The standard InChI is InChI=1S/C11H12O4S/c1-7(10(12)13)16-6-8-3-2-4-9(5-8)11(14)15/h2-5,7H,6H2,1H3,(H,12,13)(H,14,15). The van der Waals surface area contributed by atoms with Gasteiger partial charge in [-0.2, -0.15) is 0 Å². The molecule has 0 fully saturated rings. The summed E-state index contributed by atoms with van der Waals surface area (Å²) in [6.45, 7) is 1.61. The lowest BCUT2D eigenvalue weighted by molar-refractivity contribution is -0.136. The quantitative estimate of drug-likeness (QED) is 0.824. The summed E-state index contributed by atoms with van der Waals surface area (Å²) in [6.07, 6.45) is 0. The maximum Gasteiger partial charge on any atom is 0.335 e. The third kappa shape index (κ3) is 3.58. The van der Waals surface area contributed by atoms with Crippen LogP contribution in [-0.2, 0) is 10.5 Å². The molecular formula is C11H12O4S. The van der Waals surface area contributed by atoms with Crippen LogP contribution in [0.4, 0.5) is 0 Å². The normalized spacial score (nSPS) is 12.1. The van der Waals surface area contributed by atoms with Crippen LogP contribution in [0.25, 0.3) is 0 Å². The van der Waals surface area contributed by atoms with E-state index >= 15 is 0 Å². The number of benzene rings is 1. The molecule has 0 radical (unpaired) electrons. The minimum atomic E-state index is -0.974. The van der Waals surface area contributed by atoms with E-state index in [0.717, 1.165) is 5.56 Å². The van der Waals surface area contributed by atoms with E-state index in [-0.39, 0.29) is 5.56 Å². The van der Waals surface area contributed by atoms with Crippen molar-refractivity contribution in [3.8, 4) is 0 Å². The van der Waals surface area contributed by atoms with Crippen molar-refractivity contribution in [3.05, 3.63) is 35.4 Å². The molecule has 16 heavy (non-hydrogen) atoms. The number of aliphatic carboxylic acids is 1. The van der Waals surface area contributed by atoms with Crippen LogP contribution in [0.2, 0.25) is 0 Å². The van der Waals surface area contributed by atoms with Gasteiger partial charge in [0.25, 0.3) is 0 Å². The summed E-state index contributed by atoms with van der Waals surface area (Å²) in [5, 5.41) is 17.0. The van der Waals surface area contributed by atoms with Crippen LogP contribution in [0.1, 0.15) is 22.8 Å². The summed E-state index contributed by atoms with van der Waals surface area (Å²) in [4.78, 5) is 21.3.